The van der Waals surface area contributed by atoms with Crippen LogP contribution in [0.3, 0.4) is 0 Å². The van der Waals surface area contributed by atoms with Crippen molar-refractivity contribution in [2.45, 2.75) is 32.9 Å². The Morgan fingerprint density at radius 1 is 1.47 bits per heavy atom. The molecule has 0 saturated carbocycles. The second kappa shape index (κ2) is 6.24. The molecule has 0 aromatic carbocycles. The summed E-state index contributed by atoms with van der Waals surface area (Å²) in [5, 5.41) is 7.86. The molecule has 0 amide bonds. The van der Waals surface area contributed by atoms with Crippen molar-refractivity contribution < 1.29 is 4.42 Å². The van der Waals surface area contributed by atoms with E-state index in [9.17, 15) is 0 Å². The normalized spacial score (nSPS) is 12.9. The molecular formula is C13H17Br2N3O. The first-order valence-electron chi connectivity index (χ1n) is 6.20. The highest BCUT2D eigenvalue weighted by Crippen LogP contribution is 2.30. The average molecular weight is 391 g/mol. The van der Waals surface area contributed by atoms with Gasteiger partial charge in [-0.3, -0.25) is 4.68 Å². The zero-order valence-corrected chi connectivity index (χ0v) is 14.4. The van der Waals surface area contributed by atoms with Gasteiger partial charge in [-0.2, -0.15) is 5.10 Å². The van der Waals surface area contributed by atoms with Crippen LogP contribution < -0.4 is 5.32 Å². The van der Waals surface area contributed by atoms with Crippen molar-refractivity contribution >= 4 is 31.9 Å². The lowest BCUT2D eigenvalue weighted by molar-refractivity contribution is 0.506. The van der Waals surface area contributed by atoms with Gasteiger partial charge in [0.05, 0.1) is 22.1 Å². The predicted molar refractivity (Wildman–Crippen MR) is 82.3 cm³/mol. The molecule has 1 atom stereocenters. The van der Waals surface area contributed by atoms with Gasteiger partial charge in [-0.15, -0.1) is 0 Å². The van der Waals surface area contributed by atoms with E-state index < -0.39 is 0 Å². The van der Waals surface area contributed by atoms with E-state index >= 15 is 0 Å². The van der Waals surface area contributed by atoms with Gasteiger partial charge < -0.3 is 9.73 Å². The molecule has 0 aliphatic carbocycles. The Bertz CT molecular complexity index is 562. The largest absolute Gasteiger partial charge is 0.457 e. The van der Waals surface area contributed by atoms with Gasteiger partial charge in [0.2, 0.25) is 0 Å². The summed E-state index contributed by atoms with van der Waals surface area (Å²) in [7, 11) is 1.96. The Morgan fingerprint density at radius 3 is 2.74 bits per heavy atom. The third kappa shape index (κ3) is 2.95. The summed E-state index contributed by atoms with van der Waals surface area (Å²) in [5.74, 6) is 0. The van der Waals surface area contributed by atoms with Crippen LogP contribution in [0.25, 0.3) is 0 Å². The topological polar surface area (TPSA) is 43.0 Å². The average Bonchev–Trinajstić information content (AvgIpc) is 2.93. The minimum absolute atomic E-state index is 0.186. The Morgan fingerprint density at radius 2 is 2.21 bits per heavy atom. The lowest BCUT2D eigenvalue weighted by Crippen LogP contribution is -2.20. The van der Waals surface area contributed by atoms with E-state index in [1.165, 1.54) is 5.69 Å². The smallest absolute Gasteiger partial charge is 0.173 e. The molecule has 0 fully saturated rings. The Balaban J connectivity index is 2.31. The van der Waals surface area contributed by atoms with E-state index in [1.54, 1.807) is 6.26 Å². The summed E-state index contributed by atoms with van der Waals surface area (Å²) in [6.07, 6.45) is 2.55. The first-order chi connectivity index (χ1) is 9.08. The summed E-state index contributed by atoms with van der Waals surface area (Å²) in [6, 6.07) is 2.17. The van der Waals surface area contributed by atoms with Crippen LogP contribution in [0.1, 0.15) is 29.9 Å². The third-order valence-corrected chi connectivity index (χ3v) is 4.90. The second-order valence-corrected chi connectivity index (χ2v) is 5.87. The molecule has 1 unspecified atom stereocenters. The van der Waals surface area contributed by atoms with Crippen molar-refractivity contribution in [1.82, 2.24) is 15.1 Å². The number of furan rings is 1. The molecule has 0 saturated heterocycles. The van der Waals surface area contributed by atoms with Crippen LogP contribution >= 0.6 is 31.9 Å². The van der Waals surface area contributed by atoms with E-state index in [4.69, 9.17) is 4.42 Å². The number of aryl methyl sites for hydroxylation is 2. The molecule has 6 heteroatoms. The highest BCUT2D eigenvalue weighted by Gasteiger charge is 2.20. The van der Waals surface area contributed by atoms with Crippen molar-refractivity contribution in [3.8, 4) is 0 Å². The summed E-state index contributed by atoms with van der Waals surface area (Å²) in [5.41, 5.74) is 3.35. The van der Waals surface area contributed by atoms with E-state index in [1.807, 2.05) is 24.7 Å². The molecule has 2 heterocycles. The quantitative estimate of drug-likeness (QED) is 0.843. The van der Waals surface area contributed by atoms with Crippen LogP contribution in [-0.2, 0) is 13.0 Å². The first kappa shape index (κ1) is 14.8. The van der Waals surface area contributed by atoms with E-state index in [0.717, 1.165) is 33.4 Å². The number of hydrogen-bond donors (Lipinski definition) is 1. The lowest BCUT2D eigenvalue weighted by Gasteiger charge is -2.16. The Hall–Kier alpha value is -0.590. The minimum atomic E-state index is 0.186. The summed E-state index contributed by atoms with van der Waals surface area (Å²) in [6.45, 7) is 4.98. The monoisotopic (exact) mass is 389 g/mol. The maximum absolute atomic E-state index is 5.32. The standard InChI is InChI=1S/C13H17Br2N3O/c1-4-18-11(12(14)8(2)17-18)7-10(16-3)9-5-6-19-13(9)15/h5-6,10,16H,4,7H2,1-3H3. The van der Waals surface area contributed by atoms with Crippen molar-refractivity contribution in [2.75, 3.05) is 7.05 Å². The van der Waals surface area contributed by atoms with Crippen molar-refractivity contribution in [1.29, 1.82) is 0 Å². The molecule has 4 nitrogen and oxygen atoms in total. The molecule has 0 aliphatic rings. The molecule has 0 radical (unpaired) electrons. The van der Waals surface area contributed by atoms with Gasteiger partial charge in [0.1, 0.15) is 0 Å². The summed E-state index contributed by atoms with van der Waals surface area (Å²) < 4.78 is 9.23. The number of hydrogen-bond acceptors (Lipinski definition) is 3. The van der Waals surface area contributed by atoms with Gasteiger partial charge in [-0.25, -0.2) is 0 Å². The zero-order chi connectivity index (χ0) is 14.0. The highest BCUT2D eigenvalue weighted by atomic mass is 79.9. The van der Waals surface area contributed by atoms with Crippen LogP contribution in [0.5, 0.6) is 0 Å². The number of halogens is 2. The fourth-order valence-electron chi connectivity index (χ4n) is 2.18. The zero-order valence-electron chi connectivity index (χ0n) is 11.2. The van der Waals surface area contributed by atoms with E-state index in [0.29, 0.717) is 0 Å². The predicted octanol–water partition coefficient (Wildman–Crippen LogP) is 3.83. The van der Waals surface area contributed by atoms with Crippen LogP contribution in [0.4, 0.5) is 0 Å². The van der Waals surface area contributed by atoms with Crippen LogP contribution in [0, 0.1) is 6.92 Å². The Labute approximate surface area is 129 Å². The fourth-order valence-corrected chi connectivity index (χ4v) is 3.14. The molecule has 2 aromatic heterocycles. The lowest BCUT2D eigenvalue weighted by atomic mass is 10.1. The summed E-state index contributed by atoms with van der Waals surface area (Å²) >= 11 is 7.07. The maximum atomic E-state index is 5.32. The molecule has 0 bridgehead atoms. The minimum Gasteiger partial charge on any atom is -0.457 e. The molecule has 1 N–H and O–H groups in total. The van der Waals surface area contributed by atoms with Gasteiger partial charge >= 0.3 is 0 Å². The van der Waals surface area contributed by atoms with Crippen molar-refractivity contribution in [2.24, 2.45) is 0 Å². The second-order valence-electron chi connectivity index (χ2n) is 4.36. The number of rotatable bonds is 5. The highest BCUT2D eigenvalue weighted by molar-refractivity contribution is 9.10. The van der Waals surface area contributed by atoms with Crippen LogP contribution in [-0.4, -0.2) is 16.8 Å². The first-order valence-corrected chi connectivity index (χ1v) is 7.79. The van der Waals surface area contributed by atoms with Crippen LogP contribution in [0.15, 0.2) is 25.9 Å². The molecule has 19 heavy (non-hydrogen) atoms. The van der Waals surface area contributed by atoms with Gasteiger partial charge in [-0.05, 0) is 58.8 Å². The molecule has 0 spiro atoms. The van der Waals surface area contributed by atoms with Crippen LogP contribution in [0.2, 0.25) is 0 Å². The van der Waals surface area contributed by atoms with Gasteiger partial charge in [-0.1, -0.05) is 0 Å². The van der Waals surface area contributed by atoms with Gasteiger partial charge in [0, 0.05) is 24.6 Å². The number of nitrogens with one attached hydrogen (secondary N) is 1. The molecule has 0 aliphatic heterocycles. The Kier molecular flexibility index (Phi) is 4.86. The van der Waals surface area contributed by atoms with E-state index in [2.05, 4.69) is 49.2 Å². The molecule has 104 valence electrons. The number of nitrogens with zero attached hydrogens (tertiary/aromatic N) is 2. The third-order valence-electron chi connectivity index (χ3n) is 3.22. The number of likely N-dealkylation sites (N-methyl/N-ethyl adjacent to an activating group) is 1. The number of aromatic nitrogens is 2. The van der Waals surface area contributed by atoms with Gasteiger partial charge in [0.25, 0.3) is 0 Å². The SMILES string of the molecule is CCn1nc(C)c(Br)c1CC(NC)c1ccoc1Br. The molecular weight excluding hydrogens is 374 g/mol. The van der Waals surface area contributed by atoms with Gasteiger partial charge in [0.15, 0.2) is 4.67 Å². The molecule has 2 rings (SSSR count). The van der Waals surface area contributed by atoms with Crippen molar-refractivity contribution in [3.63, 3.8) is 0 Å². The summed E-state index contributed by atoms with van der Waals surface area (Å²) in [4.78, 5) is 0. The van der Waals surface area contributed by atoms with E-state index in [-0.39, 0.29) is 6.04 Å². The maximum Gasteiger partial charge on any atom is 0.173 e. The van der Waals surface area contributed by atoms with Crippen molar-refractivity contribution in [3.05, 3.63) is 38.4 Å². The molecule has 2 aromatic rings. The fraction of sp³-hybridized carbons (Fsp3) is 0.462.